The number of hydrogen-bond donors (Lipinski definition) is 1. The first kappa shape index (κ1) is 8.16. The monoisotopic (exact) mass is 184 g/mol. The van der Waals surface area contributed by atoms with Gasteiger partial charge in [0.15, 0.2) is 0 Å². The molecule has 0 saturated carbocycles. The van der Waals surface area contributed by atoms with Crippen LogP contribution in [0.25, 0.3) is 0 Å². The molecule has 0 aromatic carbocycles. The lowest BCUT2D eigenvalue weighted by atomic mass is 9.95. The van der Waals surface area contributed by atoms with Crippen molar-refractivity contribution in [3.63, 3.8) is 0 Å². The molecule has 1 saturated heterocycles. The largest absolute Gasteiger partial charge is 0.355 e. The average Bonchev–Trinajstić information content (AvgIpc) is 2.58. The van der Waals surface area contributed by atoms with Crippen LogP contribution in [0.5, 0.6) is 0 Å². The van der Waals surface area contributed by atoms with Crippen molar-refractivity contribution in [3.8, 4) is 0 Å². The zero-order valence-corrected chi connectivity index (χ0v) is 7.86. The summed E-state index contributed by atoms with van der Waals surface area (Å²) in [4.78, 5) is 0. The minimum Gasteiger partial charge on any atom is -0.355 e. The first-order valence-corrected chi connectivity index (χ1v) is 4.89. The van der Waals surface area contributed by atoms with Gasteiger partial charge in [0.2, 0.25) is 0 Å². The van der Waals surface area contributed by atoms with Crippen molar-refractivity contribution in [1.29, 1.82) is 0 Å². The van der Waals surface area contributed by atoms with Crippen molar-refractivity contribution < 1.29 is 4.74 Å². The summed E-state index contributed by atoms with van der Waals surface area (Å²) in [6, 6.07) is 0. The second kappa shape index (κ2) is 3.12. The Balaban J connectivity index is 2.19. The third-order valence-corrected chi connectivity index (χ3v) is 2.90. The van der Waals surface area contributed by atoms with Crippen molar-refractivity contribution in [2.24, 2.45) is 0 Å². The average molecular weight is 184 g/mol. The maximum absolute atomic E-state index is 5.67. The molecule has 4 heteroatoms. The van der Waals surface area contributed by atoms with Gasteiger partial charge in [-0.1, -0.05) is 0 Å². The van der Waals surface area contributed by atoms with Crippen molar-refractivity contribution in [3.05, 3.63) is 17.1 Å². The van der Waals surface area contributed by atoms with Gasteiger partial charge in [0.25, 0.3) is 0 Å². The van der Waals surface area contributed by atoms with Crippen LogP contribution in [0, 0.1) is 0 Å². The molecule has 2 heterocycles. The van der Waals surface area contributed by atoms with E-state index in [1.165, 1.54) is 17.1 Å². The summed E-state index contributed by atoms with van der Waals surface area (Å²) in [6.45, 7) is 3.79. The Labute approximate surface area is 75.9 Å². The highest BCUT2D eigenvalue weighted by molar-refractivity contribution is 7.03. The Morgan fingerprint density at radius 2 is 2.67 bits per heavy atom. The van der Waals surface area contributed by atoms with Crippen LogP contribution >= 0.6 is 11.5 Å². The predicted molar refractivity (Wildman–Crippen MR) is 48.0 cm³/mol. The molecular formula is C8H12N2OS. The highest BCUT2D eigenvalue weighted by Crippen LogP contribution is 2.30. The van der Waals surface area contributed by atoms with Crippen LogP contribution in [0.1, 0.15) is 18.9 Å². The van der Waals surface area contributed by atoms with Crippen LogP contribution < -0.4 is 5.32 Å². The van der Waals surface area contributed by atoms with Gasteiger partial charge in [-0.2, -0.15) is 0 Å². The fraction of sp³-hybridized carbons (Fsp3) is 0.625. The van der Waals surface area contributed by atoms with Crippen molar-refractivity contribution in [2.75, 3.05) is 13.3 Å². The molecule has 3 nitrogen and oxygen atoms in total. The second-order valence-electron chi connectivity index (χ2n) is 3.18. The zero-order chi connectivity index (χ0) is 8.44. The van der Waals surface area contributed by atoms with Gasteiger partial charge in [-0.05, 0) is 24.9 Å². The van der Waals surface area contributed by atoms with Gasteiger partial charge in [0, 0.05) is 23.7 Å². The van der Waals surface area contributed by atoms with Gasteiger partial charge in [-0.25, -0.2) is 4.37 Å². The van der Waals surface area contributed by atoms with Crippen molar-refractivity contribution in [1.82, 2.24) is 9.69 Å². The quantitative estimate of drug-likeness (QED) is 0.715. The molecule has 12 heavy (non-hydrogen) atoms. The van der Waals surface area contributed by atoms with E-state index in [1.807, 2.05) is 6.20 Å². The Kier molecular flexibility index (Phi) is 2.12. The third-order valence-electron chi connectivity index (χ3n) is 2.31. The lowest BCUT2D eigenvalue weighted by Crippen LogP contribution is -2.39. The predicted octanol–water partition coefficient (Wildman–Crippen LogP) is 1.33. The maximum atomic E-state index is 5.67. The van der Waals surface area contributed by atoms with E-state index in [2.05, 4.69) is 22.0 Å². The van der Waals surface area contributed by atoms with Crippen LogP contribution in [0.15, 0.2) is 11.6 Å². The van der Waals surface area contributed by atoms with E-state index in [4.69, 9.17) is 4.74 Å². The second-order valence-corrected chi connectivity index (χ2v) is 3.84. The Hall–Kier alpha value is -0.450. The molecule has 0 aliphatic carbocycles. The molecule has 0 amide bonds. The van der Waals surface area contributed by atoms with E-state index in [0.717, 1.165) is 13.0 Å². The van der Waals surface area contributed by atoms with E-state index in [-0.39, 0.29) is 5.60 Å². The molecule has 0 bridgehead atoms. The highest BCUT2D eigenvalue weighted by Gasteiger charge is 2.30. The molecule has 1 aromatic rings. The standard InChI is InChI=1S/C8H12N2OS/c1-8(2-3-9-6-11-8)7-4-10-12-5-7/h4-5,9H,2-3,6H2,1H3. The maximum Gasteiger partial charge on any atom is 0.0977 e. The first-order chi connectivity index (χ1) is 5.81. The van der Waals surface area contributed by atoms with Gasteiger partial charge in [-0.15, -0.1) is 0 Å². The van der Waals surface area contributed by atoms with Gasteiger partial charge in [-0.3, -0.25) is 5.32 Å². The smallest absolute Gasteiger partial charge is 0.0977 e. The topological polar surface area (TPSA) is 34.2 Å². The fourth-order valence-electron chi connectivity index (χ4n) is 1.38. The molecule has 2 rings (SSSR count). The molecule has 66 valence electrons. The SMILES string of the molecule is CC1(c2cnsc2)CCNCO1. The Morgan fingerprint density at radius 3 is 3.25 bits per heavy atom. The van der Waals surface area contributed by atoms with Crippen molar-refractivity contribution >= 4 is 11.5 Å². The molecule has 1 aliphatic rings. The number of ether oxygens (including phenoxy) is 1. The zero-order valence-electron chi connectivity index (χ0n) is 7.04. The van der Waals surface area contributed by atoms with E-state index in [9.17, 15) is 0 Å². The molecular weight excluding hydrogens is 172 g/mol. The number of nitrogens with zero attached hydrogens (tertiary/aromatic N) is 1. The summed E-state index contributed by atoms with van der Waals surface area (Å²) in [5.41, 5.74) is 1.09. The number of hydrogen-bond acceptors (Lipinski definition) is 4. The first-order valence-electron chi connectivity index (χ1n) is 4.06. The minimum atomic E-state index is -0.113. The van der Waals surface area contributed by atoms with Gasteiger partial charge in [0.05, 0.1) is 12.3 Å². The number of nitrogens with one attached hydrogen (secondary N) is 1. The number of aromatic nitrogens is 1. The molecule has 1 N–H and O–H groups in total. The lowest BCUT2D eigenvalue weighted by Gasteiger charge is -2.33. The lowest BCUT2D eigenvalue weighted by molar-refractivity contribution is -0.0761. The summed E-state index contributed by atoms with van der Waals surface area (Å²) in [7, 11) is 0. The van der Waals surface area contributed by atoms with Crippen molar-refractivity contribution in [2.45, 2.75) is 18.9 Å². The molecule has 1 aromatic heterocycles. The molecule has 0 radical (unpaired) electrons. The minimum absolute atomic E-state index is 0.113. The van der Waals surface area contributed by atoms with E-state index in [0.29, 0.717) is 6.73 Å². The van der Waals surface area contributed by atoms with E-state index in [1.54, 1.807) is 0 Å². The van der Waals surface area contributed by atoms with Crippen LogP contribution in [-0.4, -0.2) is 17.6 Å². The summed E-state index contributed by atoms with van der Waals surface area (Å²) in [6.07, 6.45) is 2.92. The van der Waals surface area contributed by atoms with Crippen LogP contribution in [-0.2, 0) is 10.3 Å². The molecule has 0 spiro atoms. The van der Waals surface area contributed by atoms with Gasteiger partial charge in [0.1, 0.15) is 0 Å². The number of rotatable bonds is 1. The van der Waals surface area contributed by atoms with Gasteiger partial charge >= 0.3 is 0 Å². The Morgan fingerprint density at radius 1 is 1.75 bits per heavy atom. The molecule has 1 atom stereocenters. The summed E-state index contributed by atoms with van der Waals surface area (Å²) >= 11 is 1.48. The highest BCUT2D eigenvalue weighted by atomic mass is 32.1. The van der Waals surface area contributed by atoms with Gasteiger partial charge < -0.3 is 4.74 Å². The summed E-state index contributed by atoms with van der Waals surface area (Å²) in [5, 5.41) is 5.22. The molecule has 1 unspecified atom stereocenters. The normalized spacial score (nSPS) is 30.4. The van der Waals surface area contributed by atoms with E-state index >= 15 is 0 Å². The summed E-state index contributed by atoms with van der Waals surface area (Å²) in [5.74, 6) is 0. The molecule has 1 fully saturated rings. The summed E-state index contributed by atoms with van der Waals surface area (Å²) < 4.78 is 9.75. The van der Waals surface area contributed by atoms with E-state index < -0.39 is 0 Å². The van der Waals surface area contributed by atoms with Crippen LogP contribution in [0.2, 0.25) is 0 Å². The van der Waals surface area contributed by atoms with Crippen LogP contribution in [0.3, 0.4) is 0 Å². The van der Waals surface area contributed by atoms with Crippen LogP contribution in [0.4, 0.5) is 0 Å². The fourth-order valence-corrected chi connectivity index (χ4v) is 2.03. The Bertz CT molecular complexity index is 242. The molecule has 1 aliphatic heterocycles. The third kappa shape index (κ3) is 1.37.